The van der Waals surface area contributed by atoms with Crippen LogP contribution in [-0.4, -0.2) is 22.1 Å². The molecule has 8 heteroatoms. The predicted molar refractivity (Wildman–Crippen MR) is 97.5 cm³/mol. The quantitative estimate of drug-likeness (QED) is 0.781. The van der Waals surface area contributed by atoms with E-state index in [1.54, 1.807) is 12.3 Å². The molecule has 0 amide bonds. The highest BCUT2D eigenvalue weighted by Crippen LogP contribution is 2.33. The number of nitrogens with one attached hydrogen (secondary N) is 1. The first-order valence-electron chi connectivity index (χ1n) is 7.93. The van der Waals surface area contributed by atoms with Gasteiger partial charge in [0.1, 0.15) is 5.82 Å². The maximum atomic E-state index is 12.9. The van der Waals surface area contributed by atoms with E-state index in [4.69, 9.17) is 0 Å². The summed E-state index contributed by atoms with van der Waals surface area (Å²) >= 11 is 0. The van der Waals surface area contributed by atoms with Crippen LogP contribution in [0.15, 0.2) is 36.7 Å². The predicted octanol–water partition coefficient (Wildman–Crippen LogP) is 5.12. The first-order valence-corrected chi connectivity index (χ1v) is 7.93. The zero-order valence-electron chi connectivity index (χ0n) is 13.8. The third kappa shape index (κ3) is 4.90. The Morgan fingerprint density at radius 2 is 2.04 bits per heavy atom. The molecule has 0 unspecified atom stereocenters. The lowest BCUT2D eigenvalue weighted by molar-refractivity contribution is -0.137. The fourth-order valence-electron chi connectivity index (χ4n) is 3.21. The molecule has 0 bridgehead atoms. The molecule has 1 N–H and O–H groups in total. The molecule has 0 aliphatic carbocycles. The van der Waals surface area contributed by atoms with Crippen molar-refractivity contribution in [1.29, 1.82) is 0 Å². The fourth-order valence-corrected chi connectivity index (χ4v) is 3.21. The summed E-state index contributed by atoms with van der Waals surface area (Å²) in [5.41, 5.74) is -0.127. The number of hydrogen-bond donors (Lipinski definition) is 1. The third-order valence-corrected chi connectivity index (χ3v) is 4.47. The molecule has 2 atom stereocenters. The van der Waals surface area contributed by atoms with Crippen LogP contribution in [-0.2, 0) is 6.18 Å². The number of piperidine rings is 1. The molecule has 0 saturated carbocycles. The minimum atomic E-state index is -4.34. The van der Waals surface area contributed by atoms with Gasteiger partial charge in [0.2, 0.25) is 0 Å². The third-order valence-electron chi connectivity index (χ3n) is 4.47. The monoisotopic (exact) mass is 395 g/mol. The minimum absolute atomic E-state index is 0. The van der Waals surface area contributed by atoms with Gasteiger partial charge in [0.25, 0.3) is 0 Å². The maximum Gasteiger partial charge on any atom is 0.416 e. The highest BCUT2D eigenvalue weighted by molar-refractivity contribution is 5.85. The Bertz CT molecular complexity index is 673. The Balaban J connectivity index is 0.00000156. The van der Waals surface area contributed by atoms with E-state index < -0.39 is 11.7 Å². The van der Waals surface area contributed by atoms with Crippen LogP contribution in [0.4, 0.5) is 13.2 Å². The highest BCUT2D eigenvalue weighted by atomic mass is 35.5. The second-order valence-electron chi connectivity index (χ2n) is 5.97. The molecule has 1 aromatic heterocycles. The van der Waals surface area contributed by atoms with Gasteiger partial charge >= 0.3 is 6.18 Å². The molecule has 0 radical (unpaired) electrons. The van der Waals surface area contributed by atoms with E-state index in [1.165, 1.54) is 12.1 Å². The van der Waals surface area contributed by atoms with Gasteiger partial charge in [-0.1, -0.05) is 19.1 Å². The molecule has 1 aliphatic heterocycles. The van der Waals surface area contributed by atoms with Crippen molar-refractivity contribution in [2.24, 2.45) is 0 Å². The lowest BCUT2D eigenvalue weighted by Gasteiger charge is -2.31. The highest BCUT2D eigenvalue weighted by Gasteiger charge is 2.31. The van der Waals surface area contributed by atoms with E-state index in [2.05, 4.69) is 17.2 Å². The lowest BCUT2D eigenvalue weighted by atomic mass is 9.97. The number of nitrogens with zero attached hydrogens (tertiary/aromatic N) is 2. The molecule has 2 heterocycles. The fraction of sp³-hybridized carbons (Fsp3) is 0.471. The molecule has 0 spiro atoms. The van der Waals surface area contributed by atoms with Gasteiger partial charge < -0.3 is 9.88 Å². The number of aromatic nitrogens is 2. The zero-order valence-corrected chi connectivity index (χ0v) is 15.4. The summed E-state index contributed by atoms with van der Waals surface area (Å²) in [6.45, 7) is 3.06. The van der Waals surface area contributed by atoms with Crippen molar-refractivity contribution in [1.82, 2.24) is 14.9 Å². The molecule has 1 aliphatic rings. The van der Waals surface area contributed by atoms with Gasteiger partial charge in [-0.05, 0) is 37.9 Å². The van der Waals surface area contributed by atoms with Crippen molar-refractivity contribution < 1.29 is 13.2 Å². The van der Waals surface area contributed by atoms with Crippen LogP contribution in [0.5, 0.6) is 0 Å². The molecule has 3 rings (SSSR count). The Hall–Kier alpha value is -1.24. The van der Waals surface area contributed by atoms with Crippen molar-refractivity contribution in [2.75, 3.05) is 6.54 Å². The zero-order chi connectivity index (χ0) is 16.4. The number of halogens is 5. The average Bonchev–Trinajstić information content (AvgIpc) is 3.04. The largest absolute Gasteiger partial charge is 0.416 e. The molecule has 3 nitrogen and oxygen atoms in total. The summed E-state index contributed by atoms with van der Waals surface area (Å²) in [4.78, 5) is 4.31. The van der Waals surface area contributed by atoms with E-state index in [1.807, 2.05) is 10.8 Å². The topological polar surface area (TPSA) is 29.9 Å². The van der Waals surface area contributed by atoms with Gasteiger partial charge in [0.15, 0.2) is 0 Å². The number of hydrogen-bond acceptors (Lipinski definition) is 2. The summed E-state index contributed by atoms with van der Waals surface area (Å²) in [5, 5.41) is 3.47. The van der Waals surface area contributed by atoms with Crippen LogP contribution < -0.4 is 5.32 Å². The maximum absolute atomic E-state index is 12.9. The first kappa shape index (κ1) is 21.8. The molecule has 140 valence electrons. The van der Waals surface area contributed by atoms with Crippen LogP contribution in [0.3, 0.4) is 0 Å². The van der Waals surface area contributed by atoms with Crippen LogP contribution in [0.25, 0.3) is 11.4 Å². The SMILES string of the molecule is CC[C@H]1C[C@H](n2ccnc2-c2cccc(C(F)(F)F)c2)CCN1.Cl.Cl. The van der Waals surface area contributed by atoms with Crippen molar-refractivity contribution in [2.45, 2.75) is 44.4 Å². The molecular weight excluding hydrogens is 374 g/mol. The van der Waals surface area contributed by atoms with Crippen LogP contribution in [0, 0.1) is 0 Å². The van der Waals surface area contributed by atoms with E-state index in [-0.39, 0.29) is 30.9 Å². The smallest absolute Gasteiger partial charge is 0.328 e. The summed E-state index contributed by atoms with van der Waals surface area (Å²) in [5.74, 6) is 0.609. The van der Waals surface area contributed by atoms with Gasteiger partial charge in [0, 0.05) is 30.0 Å². The molecule has 1 fully saturated rings. The van der Waals surface area contributed by atoms with Gasteiger partial charge in [-0.25, -0.2) is 4.98 Å². The van der Waals surface area contributed by atoms with E-state index in [9.17, 15) is 13.2 Å². The van der Waals surface area contributed by atoms with Gasteiger partial charge in [-0.3, -0.25) is 0 Å². The Kier molecular flexibility index (Phi) is 7.78. The Morgan fingerprint density at radius 3 is 2.72 bits per heavy atom. The summed E-state index contributed by atoms with van der Waals surface area (Å²) in [6.07, 6.45) is 2.17. The summed E-state index contributed by atoms with van der Waals surface area (Å²) in [7, 11) is 0. The van der Waals surface area contributed by atoms with Crippen molar-refractivity contribution in [3.63, 3.8) is 0 Å². The molecule has 1 aromatic carbocycles. The van der Waals surface area contributed by atoms with Gasteiger partial charge in [-0.2, -0.15) is 13.2 Å². The van der Waals surface area contributed by atoms with Crippen molar-refractivity contribution >= 4 is 24.8 Å². The summed E-state index contributed by atoms with van der Waals surface area (Å²) < 4.78 is 40.8. The standard InChI is InChI=1S/C17H20F3N3.2ClH/c1-2-14-11-15(6-7-21-14)23-9-8-22-16(23)12-4-3-5-13(10-12)17(18,19)20;;/h3-5,8-10,14-15,21H,2,6-7,11H2,1H3;2*1H/t14-,15+;;/m0../s1. The van der Waals surface area contributed by atoms with E-state index in [0.717, 1.165) is 31.9 Å². The van der Waals surface area contributed by atoms with Crippen LogP contribution in [0.2, 0.25) is 0 Å². The Labute approximate surface area is 157 Å². The number of rotatable bonds is 3. The van der Waals surface area contributed by atoms with E-state index >= 15 is 0 Å². The number of alkyl halides is 3. The second kappa shape index (κ2) is 8.92. The van der Waals surface area contributed by atoms with Crippen LogP contribution >= 0.6 is 24.8 Å². The molecule has 2 aromatic rings. The van der Waals surface area contributed by atoms with Crippen molar-refractivity contribution in [3.8, 4) is 11.4 Å². The molecule has 1 saturated heterocycles. The molecular formula is C17H22Cl2F3N3. The first-order chi connectivity index (χ1) is 11.0. The molecule has 25 heavy (non-hydrogen) atoms. The summed E-state index contributed by atoms with van der Waals surface area (Å²) in [6, 6.07) is 6.12. The average molecular weight is 396 g/mol. The van der Waals surface area contributed by atoms with E-state index in [0.29, 0.717) is 17.4 Å². The van der Waals surface area contributed by atoms with Gasteiger partial charge in [-0.15, -0.1) is 24.8 Å². The minimum Gasteiger partial charge on any atom is -0.328 e. The number of benzene rings is 1. The number of imidazole rings is 1. The van der Waals surface area contributed by atoms with Crippen LogP contribution in [0.1, 0.15) is 37.8 Å². The Morgan fingerprint density at radius 1 is 1.28 bits per heavy atom. The van der Waals surface area contributed by atoms with Crippen molar-refractivity contribution in [3.05, 3.63) is 42.2 Å². The lowest BCUT2D eigenvalue weighted by Crippen LogP contribution is -2.38. The second-order valence-corrected chi connectivity index (χ2v) is 5.97. The normalized spacial score (nSPS) is 20.5. The van der Waals surface area contributed by atoms with Gasteiger partial charge in [0.05, 0.1) is 5.56 Å².